The minimum Gasteiger partial charge on any atom is -0.507 e. The lowest BCUT2D eigenvalue weighted by atomic mass is 10.0. The minimum absolute atomic E-state index is 0.0845. The van der Waals surface area contributed by atoms with Crippen molar-refractivity contribution >= 4 is 0 Å². The number of phenolic OH excluding ortho intramolecular Hbond substituents is 1. The molecule has 0 fully saturated rings. The van der Waals surface area contributed by atoms with Crippen molar-refractivity contribution in [1.29, 1.82) is 0 Å². The van der Waals surface area contributed by atoms with Gasteiger partial charge >= 0.3 is 6.18 Å². The summed E-state index contributed by atoms with van der Waals surface area (Å²) in [7, 11) is 2.97. The zero-order chi connectivity index (χ0) is 13.1. The summed E-state index contributed by atoms with van der Waals surface area (Å²) < 4.78 is 42.7. The van der Waals surface area contributed by atoms with Crippen LogP contribution in [0.3, 0.4) is 0 Å². The van der Waals surface area contributed by atoms with Crippen LogP contribution in [0.15, 0.2) is 12.1 Å². The summed E-state index contributed by atoms with van der Waals surface area (Å²) >= 11 is 0. The van der Waals surface area contributed by atoms with E-state index in [4.69, 9.17) is 4.74 Å². The van der Waals surface area contributed by atoms with E-state index in [1.807, 2.05) is 0 Å². The van der Waals surface area contributed by atoms with E-state index in [1.54, 1.807) is 7.05 Å². The molecule has 0 atom stereocenters. The summed E-state index contributed by atoms with van der Waals surface area (Å²) in [6, 6.07) is 2.19. The van der Waals surface area contributed by atoms with E-state index in [0.717, 1.165) is 6.07 Å². The first kappa shape index (κ1) is 13.6. The molecule has 2 N–H and O–H groups in total. The predicted molar refractivity (Wildman–Crippen MR) is 57.3 cm³/mol. The van der Waals surface area contributed by atoms with E-state index in [-0.39, 0.29) is 11.3 Å². The molecule has 3 nitrogen and oxygen atoms in total. The lowest BCUT2D eigenvalue weighted by molar-refractivity contribution is -0.138. The molecule has 0 amide bonds. The highest BCUT2D eigenvalue weighted by molar-refractivity contribution is 5.48. The summed E-state index contributed by atoms with van der Waals surface area (Å²) in [5, 5.41) is 12.4. The van der Waals surface area contributed by atoms with Crippen molar-refractivity contribution in [2.45, 2.75) is 12.6 Å². The van der Waals surface area contributed by atoms with Crippen LogP contribution in [0, 0.1) is 0 Å². The Morgan fingerprint density at radius 3 is 2.47 bits per heavy atom. The first-order valence-corrected chi connectivity index (χ1v) is 5.01. The number of methoxy groups -OCH3 is 1. The summed E-state index contributed by atoms with van der Waals surface area (Å²) in [4.78, 5) is 0. The molecule has 0 aliphatic carbocycles. The third-order valence-electron chi connectivity index (χ3n) is 2.35. The van der Waals surface area contributed by atoms with Gasteiger partial charge in [0.25, 0.3) is 0 Å². The Morgan fingerprint density at radius 2 is 2.00 bits per heavy atom. The number of halogens is 3. The normalized spacial score (nSPS) is 11.6. The highest BCUT2D eigenvalue weighted by atomic mass is 19.4. The van der Waals surface area contributed by atoms with Crippen LogP contribution in [-0.2, 0) is 12.6 Å². The molecule has 0 aliphatic rings. The first-order valence-electron chi connectivity index (χ1n) is 5.01. The van der Waals surface area contributed by atoms with E-state index < -0.39 is 17.5 Å². The van der Waals surface area contributed by atoms with Crippen molar-refractivity contribution in [2.24, 2.45) is 0 Å². The molecule has 0 radical (unpaired) electrons. The van der Waals surface area contributed by atoms with E-state index in [1.165, 1.54) is 13.2 Å². The van der Waals surface area contributed by atoms with Crippen molar-refractivity contribution < 1.29 is 23.0 Å². The number of likely N-dealkylation sites (N-methyl/N-ethyl adjacent to an activating group) is 1. The number of phenols is 1. The van der Waals surface area contributed by atoms with Gasteiger partial charge in [-0.2, -0.15) is 13.2 Å². The molecule has 0 aliphatic heterocycles. The second-order valence-corrected chi connectivity index (χ2v) is 3.53. The maximum atomic E-state index is 12.6. The fourth-order valence-electron chi connectivity index (χ4n) is 1.45. The van der Waals surface area contributed by atoms with Crippen LogP contribution in [0.1, 0.15) is 11.1 Å². The molecule has 1 rings (SSSR count). The van der Waals surface area contributed by atoms with Gasteiger partial charge in [-0.1, -0.05) is 0 Å². The van der Waals surface area contributed by atoms with Crippen molar-refractivity contribution in [3.8, 4) is 11.5 Å². The SMILES string of the molecule is CNCCc1cc(OC)cc(C(F)(F)F)c1O. The molecule has 17 heavy (non-hydrogen) atoms. The van der Waals surface area contributed by atoms with E-state index >= 15 is 0 Å². The van der Waals surface area contributed by atoms with Gasteiger partial charge < -0.3 is 15.2 Å². The third kappa shape index (κ3) is 3.26. The zero-order valence-electron chi connectivity index (χ0n) is 9.56. The lowest BCUT2D eigenvalue weighted by Gasteiger charge is -2.14. The van der Waals surface area contributed by atoms with Gasteiger partial charge in [0.15, 0.2) is 0 Å². The van der Waals surface area contributed by atoms with Crippen LogP contribution >= 0.6 is 0 Å². The van der Waals surface area contributed by atoms with Crippen molar-refractivity contribution in [3.63, 3.8) is 0 Å². The number of alkyl halides is 3. The largest absolute Gasteiger partial charge is 0.507 e. The van der Waals surface area contributed by atoms with Gasteiger partial charge in [0.05, 0.1) is 7.11 Å². The molecule has 1 aromatic carbocycles. The van der Waals surface area contributed by atoms with E-state index in [2.05, 4.69) is 5.32 Å². The molecule has 0 saturated carbocycles. The van der Waals surface area contributed by atoms with Gasteiger partial charge in [0.2, 0.25) is 0 Å². The summed E-state index contributed by atoms with van der Waals surface area (Å²) in [6.07, 6.45) is -4.30. The Hall–Kier alpha value is -1.43. The zero-order valence-corrected chi connectivity index (χ0v) is 9.56. The number of hydrogen-bond acceptors (Lipinski definition) is 3. The predicted octanol–water partition coefficient (Wildman–Crippen LogP) is 2.18. The molecular formula is C11H14F3NO2. The number of hydrogen-bond donors (Lipinski definition) is 2. The Kier molecular flexibility index (Phi) is 4.22. The van der Waals surface area contributed by atoms with Gasteiger partial charge in [-0.25, -0.2) is 0 Å². The fraction of sp³-hybridized carbons (Fsp3) is 0.455. The summed E-state index contributed by atoms with van der Waals surface area (Å²) in [5.74, 6) is -0.644. The minimum atomic E-state index is -4.59. The molecule has 0 bridgehead atoms. The Bertz CT molecular complexity index is 391. The average molecular weight is 249 g/mol. The third-order valence-corrected chi connectivity index (χ3v) is 2.35. The van der Waals surface area contributed by atoms with Gasteiger partial charge in [-0.05, 0) is 37.7 Å². The Labute approximate surface area is 97.2 Å². The first-order chi connectivity index (χ1) is 7.90. The molecule has 0 aromatic heterocycles. The van der Waals surface area contributed by atoms with Gasteiger partial charge in [-0.3, -0.25) is 0 Å². The second kappa shape index (κ2) is 5.27. The van der Waals surface area contributed by atoms with E-state index in [0.29, 0.717) is 13.0 Å². The molecule has 1 aromatic rings. The Balaban J connectivity index is 3.21. The molecule has 6 heteroatoms. The molecular weight excluding hydrogens is 235 g/mol. The highest BCUT2D eigenvalue weighted by Crippen LogP contribution is 2.40. The standard InChI is InChI=1S/C11H14F3NO2/c1-15-4-3-7-5-8(17-2)6-9(10(7)16)11(12,13)14/h5-6,15-16H,3-4H2,1-2H3. The quantitative estimate of drug-likeness (QED) is 0.859. The monoisotopic (exact) mass is 249 g/mol. The molecule has 0 saturated heterocycles. The highest BCUT2D eigenvalue weighted by Gasteiger charge is 2.35. The number of ether oxygens (including phenoxy) is 1. The number of benzene rings is 1. The number of aromatic hydroxyl groups is 1. The number of rotatable bonds is 4. The van der Waals surface area contributed by atoms with Gasteiger partial charge in [0.1, 0.15) is 17.1 Å². The van der Waals surface area contributed by atoms with Gasteiger partial charge in [0, 0.05) is 0 Å². The molecule has 96 valence electrons. The van der Waals surface area contributed by atoms with Crippen LogP contribution < -0.4 is 10.1 Å². The maximum Gasteiger partial charge on any atom is 0.420 e. The lowest BCUT2D eigenvalue weighted by Crippen LogP contribution is -2.12. The van der Waals surface area contributed by atoms with Crippen molar-refractivity contribution in [2.75, 3.05) is 20.7 Å². The summed E-state index contributed by atoms with van der Waals surface area (Å²) in [5.41, 5.74) is -0.853. The smallest absolute Gasteiger partial charge is 0.420 e. The molecule has 0 unspecified atom stereocenters. The molecule has 0 spiro atoms. The fourth-order valence-corrected chi connectivity index (χ4v) is 1.45. The topological polar surface area (TPSA) is 41.5 Å². The Morgan fingerprint density at radius 1 is 1.35 bits per heavy atom. The van der Waals surface area contributed by atoms with Crippen LogP contribution in [0.25, 0.3) is 0 Å². The van der Waals surface area contributed by atoms with Crippen LogP contribution in [-0.4, -0.2) is 25.8 Å². The van der Waals surface area contributed by atoms with Crippen LogP contribution in [0.2, 0.25) is 0 Å². The summed E-state index contributed by atoms with van der Waals surface area (Å²) in [6.45, 7) is 0.470. The van der Waals surface area contributed by atoms with Crippen molar-refractivity contribution in [3.05, 3.63) is 23.3 Å². The van der Waals surface area contributed by atoms with Crippen LogP contribution in [0.4, 0.5) is 13.2 Å². The average Bonchev–Trinajstić information content (AvgIpc) is 2.26. The van der Waals surface area contributed by atoms with Crippen LogP contribution in [0.5, 0.6) is 11.5 Å². The van der Waals surface area contributed by atoms with Gasteiger partial charge in [-0.15, -0.1) is 0 Å². The number of nitrogens with one attached hydrogen (secondary N) is 1. The van der Waals surface area contributed by atoms with Crippen molar-refractivity contribution in [1.82, 2.24) is 5.32 Å². The van der Waals surface area contributed by atoms with E-state index in [9.17, 15) is 18.3 Å². The maximum absolute atomic E-state index is 12.6. The second-order valence-electron chi connectivity index (χ2n) is 3.53. The molecule has 0 heterocycles.